The van der Waals surface area contributed by atoms with Crippen LogP contribution in [0.5, 0.6) is 5.75 Å². The molecule has 3 aromatic carbocycles. The molecule has 0 bridgehead atoms. The van der Waals surface area contributed by atoms with Gasteiger partial charge >= 0.3 is 0 Å². The zero-order chi connectivity index (χ0) is 18.4. The number of methoxy groups -OCH3 is 1. The van der Waals surface area contributed by atoms with Crippen molar-refractivity contribution in [1.29, 1.82) is 0 Å². The van der Waals surface area contributed by atoms with Gasteiger partial charge in [0.15, 0.2) is 5.78 Å². The minimum absolute atomic E-state index is 0.125. The fourth-order valence-electron chi connectivity index (χ4n) is 2.56. The molecule has 126 valence electrons. The third-order valence-corrected chi connectivity index (χ3v) is 3.87. The second kappa shape index (κ2) is 7.96. The highest BCUT2D eigenvalue weighted by atomic mass is 16.5. The highest BCUT2D eigenvalue weighted by Gasteiger charge is 2.13. The highest BCUT2D eigenvalue weighted by molar-refractivity contribution is 6.13. The van der Waals surface area contributed by atoms with E-state index in [4.69, 9.17) is 4.74 Å². The molecule has 3 nitrogen and oxygen atoms in total. The van der Waals surface area contributed by atoms with E-state index in [0.717, 1.165) is 0 Å². The molecule has 0 aliphatic rings. The molecule has 0 N–H and O–H groups in total. The first-order valence-electron chi connectivity index (χ1n) is 8.09. The average molecular weight is 340 g/mol. The molecule has 0 spiro atoms. The molecule has 0 aromatic heterocycles. The van der Waals surface area contributed by atoms with Crippen LogP contribution in [0.4, 0.5) is 0 Å². The van der Waals surface area contributed by atoms with Gasteiger partial charge in [-0.25, -0.2) is 0 Å². The van der Waals surface area contributed by atoms with Gasteiger partial charge in [-0.2, -0.15) is 0 Å². The molecule has 3 rings (SSSR count). The second-order valence-corrected chi connectivity index (χ2v) is 5.52. The van der Waals surface area contributed by atoms with Crippen LogP contribution >= 0.6 is 0 Å². The van der Waals surface area contributed by atoms with Gasteiger partial charge in [-0.15, -0.1) is 0 Å². The quantitative estimate of drug-likeness (QED) is 0.529. The van der Waals surface area contributed by atoms with Crippen LogP contribution in [-0.2, 0) is 0 Å². The maximum absolute atomic E-state index is 12.7. The number of ether oxygens (including phenoxy) is 1. The van der Waals surface area contributed by atoms with Gasteiger partial charge in [-0.05, 0) is 30.2 Å². The Labute approximate surface area is 152 Å². The molecule has 0 saturated heterocycles. The highest BCUT2D eigenvalue weighted by Crippen LogP contribution is 2.18. The van der Waals surface area contributed by atoms with Crippen LogP contribution in [-0.4, -0.2) is 18.7 Å². The van der Waals surface area contributed by atoms with Crippen LogP contribution in [0, 0.1) is 11.8 Å². The molecular formula is C23H16O3. The van der Waals surface area contributed by atoms with E-state index in [9.17, 15) is 9.59 Å². The SMILES string of the molecule is COc1ccccc1C(=O)C#Cc1ccccc1C(=O)c1ccccc1. The Kier molecular flexibility index (Phi) is 5.26. The Bertz CT molecular complexity index is 1010. The molecule has 0 amide bonds. The number of rotatable bonds is 4. The number of hydrogen-bond donors (Lipinski definition) is 0. The van der Waals surface area contributed by atoms with Crippen LogP contribution in [0.2, 0.25) is 0 Å². The number of carbonyl (C=O) groups excluding carboxylic acids is 2. The summed E-state index contributed by atoms with van der Waals surface area (Å²) in [5.41, 5.74) is 1.97. The van der Waals surface area contributed by atoms with Crippen LogP contribution < -0.4 is 4.74 Å². The van der Waals surface area contributed by atoms with E-state index < -0.39 is 0 Å². The van der Waals surface area contributed by atoms with Crippen molar-refractivity contribution < 1.29 is 14.3 Å². The maximum Gasteiger partial charge on any atom is 0.239 e. The Hall–Kier alpha value is -3.64. The topological polar surface area (TPSA) is 43.4 Å². The van der Waals surface area contributed by atoms with Crippen molar-refractivity contribution >= 4 is 11.6 Å². The molecule has 3 heteroatoms. The Balaban J connectivity index is 1.94. The van der Waals surface area contributed by atoms with E-state index >= 15 is 0 Å². The molecule has 0 atom stereocenters. The normalized spacial score (nSPS) is 9.73. The first kappa shape index (κ1) is 17.2. The second-order valence-electron chi connectivity index (χ2n) is 5.52. The number of para-hydroxylation sites is 1. The average Bonchev–Trinajstić information content (AvgIpc) is 2.72. The van der Waals surface area contributed by atoms with E-state index in [-0.39, 0.29) is 11.6 Å². The molecule has 3 aromatic rings. The summed E-state index contributed by atoms with van der Waals surface area (Å²) in [6, 6.07) is 22.9. The zero-order valence-corrected chi connectivity index (χ0v) is 14.2. The van der Waals surface area contributed by atoms with Gasteiger partial charge in [0.05, 0.1) is 12.7 Å². The van der Waals surface area contributed by atoms with Crippen molar-refractivity contribution in [1.82, 2.24) is 0 Å². The summed E-state index contributed by atoms with van der Waals surface area (Å²) in [4.78, 5) is 25.1. The standard InChI is InChI=1S/C23H16O3/c1-26-22-14-8-7-13-20(22)21(24)16-15-17-9-5-6-12-19(17)23(25)18-10-3-2-4-11-18/h2-14H,1H3. The van der Waals surface area contributed by atoms with Gasteiger partial charge in [0.25, 0.3) is 0 Å². The van der Waals surface area contributed by atoms with Crippen molar-refractivity contribution in [2.24, 2.45) is 0 Å². The molecule has 0 heterocycles. The van der Waals surface area contributed by atoms with Crippen molar-refractivity contribution in [3.8, 4) is 17.6 Å². The molecule has 0 unspecified atom stereocenters. The molecule has 0 fully saturated rings. The van der Waals surface area contributed by atoms with Crippen LogP contribution in [0.3, 0.4) is 0 Å². The minimum Gasteiger partial charge on any atom is -0.496 e. The predicted molar refractivity (Wildman–Crippen MR) is 101 cm³/mol. The van der Waals surface area contributed by atoms with Gasteiger partial charge in [-0.1, -0.05) is 60.5 Å². The Morgan fingerprint density at radius 1 is 0.769 bits per heavy atom. The number of hydrogen-bond acceptors (Lipinski definition) is 3. The third-order valence-electron chi connectivity index (χ3n) is 3.87. The number of Topliss-reactive ketones (excluding diaryl/α,β-unsaturated/α-hetero) is 1. The van der Waals surface area contributed by atoms with Gasteiger partial charge in [0.2, 0.25) is 5.78 Å². The first-order valence-corrected chi connectivity index (χ1v) is 8.09. The van der Waals surface area contributed by atoms with E-state index in [1.807, 2.05) is 18.2 Å². The third kappa shape index (κ3) is 3.71. The number of carbonyl (C=O) groups is 2. The Morgan fingerprint density at radius 2 is 1.38 bits per heavy atom. The van der Waals surface area contributed by atoms with Crippen molar-refractivity contribution in [3.05, 3.63) is 101 Å². The fourth-order valence-corrected chi connectivity index (χ4v) is 2.56. The number of benzene rings is 3. The molecular weight excluding hydrogens is 324 g/mol. The lowest BCUT2D eigenvalue weighted by Gasteiger charge is -2.04. The Morgan fingerprint density at radius 3 is 2.12 bits per heavy atom. The van der Waals surface area contributed by atoms with Crippen LogP contribution in [0.1, 0.15) is 31.8 Å². The number of ketones is 2. The predicted octanol–water partition coefficient (Wildman–Crippen LogP) is 4.16. The van der Waals surface area contributed by atoms with Gasteiger partial charge in [-0.3, -0.25) is 9.59 Å². The van der Waals surface area contributed by atoms with Crippen LogP contribution in [0.25, 0.3) is 0 Å². The zero-order valence-electron chi connectivity index (χ0n) is 14.2. The summed E-state index contributed by atoms with van der Waals surface area (Å²) in [6.45, 7) is 0. The monoisotopic (exact) mass is 340 g/mol. The minimum atomic E-state index is -0.357. The van der Waals surface area contributed by atoms with Crippen molar-refractivity contribution in [3.63, 3.8) is 0 Å². The fraction of sp³-hybridized carbons (Fsp3) is 0.0435. The molecule has 0 radical (unpaired) electrons. The maximum atomic E-state index is 12.7. The first-order chi connectivity index (χ1) is 12.7. The lowest BCUT2D eigenvalue weighted by atomic mass is 9.98. The van der Waals surface area contributed by atoms with Crippen molar-refractivity contribution in [2.45, 2.75) is 0 Å². The molecule has 26 heavy (non-hydrogen) atoms. The lowest BCUT2D eigenvalue weighted by molar-refractivity contribution is 0.103. The van der Waals surface area contributed by atoms with E-state index in [1.54, 1.807) is 60.7 Å². The van der Waals surface area contributed by atoms with Crippen LogP contribution in [0.15, 0.2) is 78.9 Å². The van der Waals surface area contributed by atoms with E-state index in [2.05, 4.69) is 11.8 Å². The largest absolute Gasteiger partial charge is 0.496 e. The molecule has 0 aliphatic heterocycles. The van der Waals surface area contributed by atoms with Gasteiger partial charge < -0.3 is 4.74 Å². The lowest BCUT2D eigenvalue weighted by Crippen LogP contribution is -2.04. The smallest absolute Gasteiger partial charge is 0.239 e. The summed E-state index contributed by atoms with van der Waals surface area (Å²) in [5.74, 6) is 5.44. The summed E-state index contributed by atoms with van der Waals surface area (Å²) in [5, 5.41) is 0. The molecule has 0 saturated carbocycles. The van der Waals surface area contributed by atoms with Crippen molar-refractivity contribution in [2.75, 3.05) is 7.11 Å². The van der Waals surface area contributed by atoms with E-state index in [0.29, 0.717) is 28.0 Å². The summed E-state index contributed by atoms with van der Waals surface area (Å²) >= 11 is 0. The molecule has 0 aliphatic carbocycles. The summed E-state index contributed by atoms with van der Waals surface area (Å²) in [7, 11) is 1.51. The summed E-state index contributed by atoms with van der Waals surface area (Å²) < 4.78 is 5.20. The van der Waals surface area contributed by atoms with Gasteiger partial charge in [0.1, 0.15) is 5.75 Å². The van der Waals surface area contributed by atoms with Gasteiger partial charge in [0, 0.05) is 16.7 Å². The summed E-state index contributed by atoms with van der Waals surface area (Å²) in [6.07, 6.45) is 0. The van der Waals surface area contributed by atoms with E-state index in [1.165, 1.54) is 7.11 Å².